The monoisotopic (exact) mass is 692 g/mol. The Labute approximate surface area is 280 Å². The summed E-state index contributed by atoms with van der Waals surface area (Å²) in [6.07, 6.45) is 9.84. The van der Waals surface area contributed by atoms with Crippen LogP contribution in [-0.2, 0) is 0 Å². The van der Waals surface area contributed by atoms with E-state index in [1.54, 1.807) is 31.5 Å². The molecule has 0 bridgehead atoms. The minimum absolute atomic E-state index is 0.0101. The zero-order valence-corrected chi connectivity index (χ0v) is 27.5. The van der Waals surface area contributed by atoms with Crippen LogP contribution in [0.1, 0.15) is 11.1 Å². The summed E-state index contributed by atoms with van der Waals surface area (Å²) < 4.78 is 0. The van der Waals surface area contributed by atoms with Gasteiger partial charge in [-0.25, -0.2) is 39.9 Å². The van der Waals surface area contributed by atoms with E-state index in [0.29, 0.717) is 54.7 Å². The van der Waals surface area contributed by atoms with E-state index >= 15 is 0 Å². The van der Waals surface area contributed by atoms with Gasteiger partial charge in [0.05, 0.1) is 22.2 Å². The molecule has 6 rings (SSSR count). The molecule has 3 N–H and O–H groups in total. The van der Waals surface area contributed by atoms with Crippen molar-refractivity contribution in [2.45, 2.75) is 24.2 Å². The fourth-order valence-electron chi connectivity index (χ4n) is 3.66. The Balaban J connectivity index is 0.000000176. The third-order valence-electron chi connectivity index (χ3n) is 6.19. The molecule has 0 spiro atoms. The summed E-state index contributed by atoms with van der Waals surface area (Å²) in [4.78, 5) is 53.3. The van der Waals surface area contributed by atoms with Crippen molar-refractivity contribution < 1.29 is 9.85 Å². The van der Waals surface area contributed by atoms with Gasteiger partial charge in [0, 0.05) is 35.6 Å². The molecule has 0 atom stereocenters. The molecule has 0 saturated carbocycles. The summed E-state index contributed by atoms with van der Waals surface area (Å²) in [5, 5.41) is 25.9. The number of nitro benzene ring substituents is 2. The maximum atomic E-state index is 10.9. The van der Waals surface area contributed by atoms with Crippen molar-refractivity contribution in [2.75, 3.05) is 23.6 Å². The molecule has 240 valence electrons. The number of nitrogen functional groups attached to an aromatic ring is 1. The van der Waals surface area contributed by atoms with Gasteiger partial charge in [0.1, 0.15) is 34.7 Å². The predicted octanol–water partition coefficient (Wildman–Crippen LogP) is 6.38. The number of rotatable bonds is 6. The highest BCUT2D eigenvalue weighted by atomic mass is 35.5. The van der Waals surface area contributed by atoms with E-state index in [9.17, 15) is 20.2 Å². The van der Waals surface area contributed by atoms with E-state index in [1.807, 2.05) is 19.4 Å². The molecule has 0 fully saturated rings. The van der Waals surface area contributed by atoms with Crippen molar-refractivity contribution in [1.29, 1.82) is 0 Å². The number of aromatic nitrogens is 8. The molecular weight excluding hydrogens is 668 g/mol. The van der Waals surface area contributed by atoms with E-state index in [1.165, 1.54) is 60.4 Å². The minimum Gasteiger partial charge on any atom is -0.398 e. The maximum Gasteiger partial charge on any atom is 0.271 e. The molecule has 0 unspecified atom stereocenters. The Kier molecular flexibility index (Phi) is 11.6. The van der Waals surface area contributed by atoms with E-state index < -0.39 is 9.85 Å². The van der Waals surface area contributed by atoms with Crippen LogP contribution in [-0.4, -0.2) is 62.2 Å². The molecule has 0 radical (unpaired) electrons. The first-order chi connectivity index (χ1) is 22.5. The number of fused-ring (bicyclic) bond motifs is 2. The highest BCUT2D eigenvalue weighted by Gasteiger charge is 2.13. The van der Waals surface area contributed by atoms with Crippen LogP contribution in [0.2, 0.25) is 5.15 Å². The van der Waals surface area contributed by atoms with Gasteiger partial charge in [-0.15, -0.1) is 0 Å². The number of thioether (sulfide) groups is 2. The van der Waals surface area contributed by atoms with Crippen LogP contribution in [0.25, 0.3) is 22.1 Å². The molecule has 0 aliphatic carbocycles. The molecule has 2 aromatic carbocycles. The van der Waals surface area contributed by atoms with E-state index in [4.69, 9.17) is 17.3 Å². The lowest BCUT2D eigenvalue weighted by atomic mass is 10.2. The average molecular weight is 693 g/mol. The van der Waals surface area contributed by atoms with Crippen molar-refractivity contribution in [3.63, 3.8) is 0 Å². The van der Waals surface area contributed by atoms with Crippen LogP contribution in [0.15, 0.2) is 71.8 Å². The molecule has 6 aromatic rings. The summed E-state index contributed by atoms with van der Waals surface area (Å²) >= 11 is 8.70. The van der Waals surface area contributed by atoms with Crippen molar-refractivity contribution in [3.8, 4) is 0 Å². The third kappa shape index (κ3) is 8.90. The fraction of sp³-hybridized carbons (Fsp3) is 0.143. The van der Waals surface area contributed by atoms with Crippen molar-refractivity contribution in [2.24, 2.45) is 0 Å². The number of hydrogen-bond acceptors (Lipinski definition) is 16. The van der Waals surface area contributed by atoms with Gasteiger partial charge in [-0.3, -0.25) is 20.2 Å². The summed E-state index contributed by atoms with van der Waals surface area (Å²) in [6.45, 7) is 3.66. The number of hydrogen-bond donors (Lipinski definition) is 2. The Hall–Kier alpha value is -5.33. The molecule has 0 aliphatic heterocycles. The summed E-state index contributed by atoms with van der Waals surface area (Å²) in [6, 6.07) is 9.05. The molecule has 4 heterocycles. The molecular formula is C28H25ClN12O4S2. The summed E-state index contributed by atoms with van der Waals surface area (Å²) in [5.41, 5.74) is 10.7. The second kappa shape index (κ2) is 15.8. The molecule has 4 aromatic heterocycles. The quantitative estimate of drug-likeness (QED) is 0.0481. The van der Waals surface area contributed by atoms with Crippen LogP contribution in [0.3, 0.4) is 0 Å². The number of halogens is 1. The molecule has 16 nitrogen and oxygen atoms in total. The van der Waals surface area contributed by atoms with Gasteiger partial charge in [-0.2, -0.15) is 0 Å². The van der Waals surface area contributed by atoms with Crippen LogP contribution >= 0.6 is 35.1 Å². The summed E-state index contributed by atoms with van der Waals surface area (Å²) in [5.74, 6) is 0.483. The smallest absolute Gasteiger partial charge is 0.271 e. The van der Waals surface area contributed by atoms with Crippen LogP contribution in [0, 0.1) is 34.1 Å². The maximum absolute atomic E-state index is 10.9. The van der Waals surface area contributed by atoms with Gasteiger partial charge in [0.25, 0.3) is 11.4 Å². The minimum atomic E-state index is -0.462. The van der Waals surface area contributed by atoms with Gasteiger partial charge >= 0.3 is 0 Å². The van der Waals surface area contributed by atoms with Gasteiger partial charge in [0.2, 0.25) is 0 Å². The first-order valence-electron chi connectivity index (χ1n) is 13.2. The van der Waals surface area contributed by atoms with E-state index in [0.717, 1.165) is 11.1 Å². The van der Waals surface area contributed by atoms with Gasteiger partial charge in [-0.05, 0) is 37.5 Å². The van der Waals surface area contributed by atoms with Gasteiger partial charge in [0.15, 0.2) is 21.3 Å². The lowest BCUT2D eigenvalue weighted by molar-refractivity contribution is -0.385. The SMILES string of the molecule is CSc1ncc2ncnc(Cl)c2n1.CSc1ncc2ncnc(Nc3cc([N+](=O)[O-])ccc3C)c2n1.Cc1ccc([N+](=O)[O-])cc1N. The average Bonchev–Trinajstić information content (AvgIpc) is 3.07. The topological polar surface area (TPSA) is 227 Å². The molecule has 0 aliphatic rings. The Morgan fingerprint density at radius 3 is 1.85 bits per heavy atom. The molecule has 47 heavy (non-hydrogen) atoms. The number of aryl methyl sites for hydroxylation is 2. The lowest BCUT2D eigenvalue weighted by Crippen LogP contribution is -2.01. The highest BCUT2D eigenvalue weighted by molar-refractivity contribution is 7.98. The van der Waals surface area contributed by atoms with Gasteiger partial charge < -0.3 is 11.1 Å². The molecule has 19 heteroatoms. The predicted molar refractivity (Wildman–Crippen MR) is 182 cm³/mol. The Morgan fingerprint density at radius 2 is 1.28 bits per heavy atom. The standard InChI is InChI=1S/C14H12N6O2S.C7H5ClN4S.C7H8N2O2/c1-8-3-4-9(20(21)22)5-10(8)18-13-12-11(16-7-17-13)6-15-14(19-12)23-2;1-13-7-9-2-4-5(12-7)6(8)11-3-10-4;1-5-2-3-6(9(10)11)4-7(5)8/h3-7H,1-2H3,(H,16,17,18);2-3H,1H3;2-4H,8H2,1H3. The highest BCUT2D eigenvalue weighted by Crippen LogP contribution is 2.27. The number of nitrogens with two attached hydrogens (primary N) is 1. The second-order valence-corrected chi connectivity index (χ2v) is 11.2. The van der Waals surface area contributed by atoms with E-state index in [-0.39, 0.29) is 11.4 Å². The normalized spacial score (nSPS) is 10.4. The number of nitro groups is 2. The number of nitrogens with zero attached hydrogens (tertiary/aromatic N) is 10. The van der Waals surface area contributed by atoms with E-state index in [2.05, 4.69) is 45.2 Å². The Morgan fingerprint density at radius 1 is 0.745 bits per heavy atom. The number of benzene rings is 2. The van der Waals surface area contributed by atoms with Crippen LogP contribution < -0.4 is 11.1 Å². The zero-order valence-electron chi connectivity index (χ0n) is 25.2. The van der Waals surface area contributed by atoms with Crippen LogP contribution in [0.5, 0.6) is 0 Å². The molecule has 0 amide bonds. The van der Waals surface area contributed by atoms with Crippen molar-refractivity contribution in [3.05, 3.63) is 98.0 Å². The third-order valence-corrected chi connectivity index (χ3v) is 7.59. The zero-order chi connectivity index (χ0) is 34.1. The van der Waals surface area contributed by atoms with Crippen molar-refractivity contribution in [1.82, 2.24) is 39.9 Å². The largest absolute Gasteiger partial charge is 0.398 e. The fourth-order valence-corrected chi connectivity index (χ4v) is 4.53. The lowest BCUT2D eigenvalue weighted by Gasteiger charge is -2.10. The summed E-state index contributed by atoms with van der Waals surface area (Å²) in [7, 11) is 0. The number of anilines is 3. The van der Waals surface area contributed by atoms with Crippen LogP contribution in [0.4, 0.5) is 28.6 Å². The number of nitrogens with one attached hydrogen (secondary N) is 1. The van der Waals surface area contributed by atoms with Gasteiger partial charge in [-0.1, -0.05) is 47.3 Å². The first-order valence-corrected chi connectivity index (χ1v) is 16.0. The van der Waals surface area contributed by atoms with Crippen molar-refractivity contribution >= 4 is 85.8 Å². The molecule has 0 saturated heterocycles. The Bertz CT molecular complexity index is 2090. The second-order valence-electron chi connectivity index (χ2n) is 9.25. The first kappa shape index (κ1) is 34.5. The number of non-ortho nitro benzene ring substituents is 2.